The van der Waals surface area contributed by atoms with E-state index in [9.17, 15) is 0 Å². The van der Waals surface area contributed by atoms with Crippen LogP contribution in [0.4, 0.5) is 0 Å². The van der Waals surface area contributed by atoms with E-state index in [1.807, 2.05) is 13.0 Å². The van der Waals surface area contributed by atoms with Crippen molar-refractivity contribution in [1.29, 1.82) is 0 Å². The van der Waals surface area contributed by atoms with Crippen LogP contribution in [0.25, 0.3) is 0 Å². The van der Waals surface area contributed by atoms with Crippen LogP contribution in [0.5, 0.6) is 0 Å². The normalized spacial score (nSPS) is 12.8. The maximum Gasteiger partial charge on any atom is 0.0483 e. The molecule has 0 radical (unpaired) electrons. The molecule has 0 aliphatic heterocycles. The molecule has 78 valence electrons. The topological polar surface area (TPSA) is 35.2 Å². The Balaban J connectivity index is 2.47. The summed E-state index contributed by atoms with van der Waals surface area (Å²) in [5.41, 5.74) is 8.48. The quantitative estimate of drug-likeness (QED) is 0.729. The maximum absolute atomic E-state index is 6.02. The average Bonchev–Trinajstić information content (AvgIpc) is 2.18. The first kappa shape index (κ1) is 11.2. The Morgan fingerprint density at radius 2 is 2.21 bits per heavy atom. The van der Waals surface area contributed by atoms with E-state index < -0.39 is 0 Å². The third-order valence-electron chi connectivity index (χ3n) is 2.25. The molecule has 0 amide bonds. The summed E-state index contributed by atoms with van der Waals surface area (Å²) in [5.74, 6) is 0. The Morgan fingerprint density at radius 3 is 2.86 bits per heavy atom. The van der Waals surface area contributed by atoms with Gasteiger partial charge in [0.15, 0.2) is 0 Å². The van der Waals surface area contributed by atoms with Crippen LogP contribution in [0.3, 0.4) is 0 Å². The molecular formula is C12H19NO. The van der Waals surface area contributed by atoms with Gasteiger partial charge in [0, 0.05) is 19.3 Å². The van der Waals surface area contributed by atoms with Gasteiger partial charge in [0.2, 0.25) is 0 Å². The van der Waals surface area contributed by atoms with Crippen molar-refractivity contribution in [2.24, 2.45) is 5.73 Å². The lowest BCUT2D eigenvalue weighted by Crippen LogP contribution is -2.13. The number of rotatable bonds is 5. The fraction of sp³-hybridized carbons (Fsp3) is 0.500. The van der Waals surface area contributed by atoms with Crippen molar-refractivity contribution in [3.8, 4) is 0 Å². The van der Waals surface area contributed by atoms with Gasteiger partial charge in [-0.1, -0.05) is 29.8 Å². The van der Waals surface area contributed by atoms with E-state index in [0.29, 0.717) is 0 Å². The van der Waals surface area contributed by atoms with E-state index >= 15 is 0 Å². The van der Waals surface area contributed by atoms with Gasteiger partial charge in [-0.05, 0) is 25.8 Å². The predicted molar refractivity (Wildman–Crippen MR) is 59.2 cm³/mol. The Morgan fingerprint density at radius 1 is 1.43 bits per heavy atom. The highest BCUT2D eigenvalue weighted by atomic mass is 16.5. The largest absolute Gasteiger partial charge is 0.382 e. The van der Waals surface area contributed by atoms with Crippen molar-refractivity contribution in [3.63, 3.8) is 0 Å². The van der Waals surface area contributed by atoms with Gasteiger partial charge in [-0.3, -0.25) is 0 Å². The molecule has 0 aromatic heterocycles. The molecule has 1 atom stereocenters. The smallest absolute Gasteiger partial charge is 0.0483 e. The molecule has 0 spiro atoms. The second-order valence-corrected chi connectivity index (χ2v) is 3.51. The van der Waals surface area contributed by atoms with Crippen LogP contribution < -0.4 is 5.73 Å². The highest BCUT2D eigenvalue weighted by Crippen LogP contribution is 2.14. The molecule has 0 aliphatic rings. The third kappa shape index (κ3) is 3.48. The van der Waals surface area contributed by atoms with E-state index in [1.165, 1.54) is 11.1 Å². The van der Waals surface area contributed by atoms with Gasteiger partial charge in [-0.25, -0.2) is 0 Å². The number of hydrogen-bond acceptors (Lipinski definition) is 2. The number of hydrogen-bond donors (Lipinski definition) is 1. The molecule has 0 saturated carbocycles. The zero-order valence-corrected chi connectivity index (χ0v) is 8.99. The molecule has 0 aliphatic carbocycles. The Kier molecular flexibility index (Phi) is 4.63. The molecule has 2 nitrogen and oxygen atoms in total. The second-order valence-electron chi connectivity index (χ2n) is 3.51. The van der Waals surface area contributed by atoms with Crippen LogP contribution in [0.2, 0.25) is 0 Å². The summed E-state index contributed by atoms with van der Waals surface area (Å²) in [6, 6.07) is 8.44. The van der Waals surface area contributed by atoms with Gasteiger partial charge < -0.3 is 10.5 Å². The van der Waals surface area contributed by atoms with Crippen molar-refractivity contribution in [1.82, 2.24) is 0 Å². The standard InChI is InChI=1S/C12H19NO/c1-3-14-8-7-12(13)11-6-4-5-10(2)9-11/h4-6,9,12H,3,7-8,13H2,1-2H3. The first-order valence-electron chi connectivity index (χ1n) is 5.14. The summed E-state index contributed by atoms with van der Waals surface area (Å²) in [4.78, 5) is 0. The van der Waals surface area contributed by atoms with Gasteiger partial charge in [-0.2, -0.15) is 0 Å². The predicted octanol–water partition coefficient (Wildman–Crippen LogP) is 2.42. The molecule has 0 saturated heterocycles. The molecule has 14 heavy (non-hydrogen) atoms. The van der Waals surface area contributed by atoms with E-state index in [-0.39, 0.29) is 6.04 Å². The van der Waals surface area contributed by atoms with E-state index in [1.54, 1.807) is 0 Å². The minimum Gasteiger partial charge on any atom is -0.382 e. The Hall–Kier alpha value is -0.860. The number of ether oxygens (including phenoxy) is 1. The van der Waals surface area contributed by atoms with Crippen molar-refractivity contribution < 1.29 is 4.74 Å². The lowest BCUT2D eigenvalue weighted by molar-refractivity contribution is 0.140. The summed E-state index contributed by atoms with van der Waals surface area (Å²) in [6.07, 6.45) is 0.886. The molecule has 1 rings (SSSR count). The summed E-state index contributed by atoms with van der Waals surface area (Å²) >= 11 is 0. The van der Waals surface area contributed by atoms with E-state index in [0.717, 1.165) is 19.6 Å². The summed E-state index contributed by atoms with van der Waals surface area (Å²) in [7, 11) is 0. The van der Waals surface area contributed by atoms with Crippen LogP contribution in [-0.2, 0) is 4.74 Å². The van der Waals surface area contributed by atoms with Crippen LogP contribution in [-0.4, -0.2) is 13.2 Å². The number of nitrogens with two attached hydrogens (primary N) is 1. The minimum absolute atomic E-state index is 0.0986. The van der Waals surface area contributed by atoms with Crippen LogP contribution in [0, 0.1) is 6.92 Å². The molecule has 0 bridgehead atoms. The maximum atomic E-state index is 6.02. The zero-order valence-electron chi connectivity index (χ0n) is 8.99. The van der Waals surface area contributed by atoms with Crippen molar-refractivity contribution in [2.75, 3.05) is 13.2 Å². The molecule has 2 N–H and O–H groups in total. The van der Waals surface area contributed by atoms with Crippen LogP contribution in [0.15, 0.2) is 24.3 Å². The van der Waals surface area contributed by atoms with Gasteiger partial charge in [0.1, 0.15) is 0 Å². The zero-order chi connectivity index (χ0) is 10.4. The average molecular weight is 193 g/mol. The number of benzene rings is 1. The lowest BCUT2D eigenvalue weighted by Gasteiger charge is -2.12. The Labute approximate surface area is 86.1 Å². The van der Waals surface area contributed by atoms with E-state index in [4.69, 9.17) is 10.5 Å². The lowest BCUT2D eigenvalue weighted by atomic mass is 10.0. The van der Waals surface area contributed by atoms with Gasteiger partial charge >= 0.3 is 0 Å². The summed E-state index contributed by atoms with van der Waals surface area (Å²) in [5, 5.41) is 0. The van der Waals surface area contributed by atoms with Gasteiger partial charge in [0.25, 0.3) is 0 Å². The fourth-order valence-electron chi connectivity index (χ4n) is 1.42. The van der Waals surface area contributed by atoms with Crippen molar-refractivity contribution in [2.45, 2.75) is 26.3 Å². The Bertz CT molecular complexity index is 273. The molecule has 1 aromatic rings. The van der Waals surface area contributed by atoms with Crippen LogP contribution >= 0.6 is 0 Å². The molecule has 1 unspecified atom stereocenters. The van der Waals surface area contributed by atoms with Gasteiger partial charge in [0.05, 0.1) is 0 Å². The summed E-state index contributed by atoms with van der Waals surface area (Å²) in [6.45, 7) is 5.59. The van der Waals surface area contributed by atoms with Crippen LogP contribution in [0.1, 0.15) is 30.5 Å². The number of aryl methyl sites for hydroxylation is 1. The van der Waals surface area contributed by atoms with Gasteiger partial charge in [-0.15, -0.1) is 0 Å². The van der Waals surface area contributed by atoms with Crippen molar-refractivity contribution >= 4 is 0 Å². The monoisotopic (exact) mass is 193 g/mol. The van der Waals surface area contributed by atoms with E-state index in [2.05, 4.69) is 25.1 Å². The molecule has 0 heterocycles. The first-order chi connectivity index (χ1) is 6.74. The molecular weight excluding hydrogens is 174 g/mol. The minimum atomic E-state index is 0.0986. The fourth-order valence-corrected chi connectivity index (χ4v) is 1.42. The first-order valence-corrected chi connectivity index (χ1v) is 5.14. The second kappa shape index (κ2) is 5.78. The molecule has 2 heteroatoms. The third-order valence-corrected chi connectivity index (χ3v) is 2.25. The molecule has 0 fully saturated rings. The highest BCUT2D eigenvalue weighted by Gasteiger charge is 2.04. The summed E-state index contributed by atoms with van der Waals surface area (Å²) < 4.78 is 5.28. The van der Waals surface area contributed by atoms with Crippen molar-refractivity contribution in [3.05, 3.63) is 35.4 Å². The molecule has 1 aromatic carbocycles. The SMILES string of the molecule is CCOCCC(N)c1cccc(C)c1. The highest BCUT2D eigenvalue weighted by molar-refractivity contribution is 5.24.